The molecule has 2 N–H and O–H groups in total. The number of hydrogen-bond donors (Lipinski definition) is 2. The lowest BCUT2D eigenvalue weighted by molar-refractivity contribution is -0.116. The Labute approximate surface area is 192 Å². The van der Waals surface area contributed by atoms with Crippen LogP contribution in [0.15, 0.2) is 71.7 Å². The van der Waals surface area contributed by atoms with Crippen LogP contribution in [0.1, 0.15) is 37.3 Å². The zero-order valence-electron chi connectivity index (χ0n) is 18.5. The van der Waals surface area contributed by atoms with Gasteiger partial charge in [-0.3, -0.25) is 9.79 Å². The monoisotopic (exact) mass is 435 g/mol. The molecule has 6 nitrogen and oxygen atoms in total. The van der Waals surface area contributed by atoms with Crippen molar-refractivity contribution in [2.45, 2.75) is 32.7 Å². The van der Waals surface area contributed by atoms with Crippen LogP contribution < -0.4 is 10.6 Å². The summed E-state index contributed by atoms with van der Waals surface area (Å²) < 4.78 is 0. The number of amides is 1. The number of carbonyl (C=O) groups is 1. The van der Waals surface area contributed by atoms with E-state index in [1.54, 1.807) is 0 Å². The molecule has 0 saturated carbocycles. The van der Waals surface area contributed by atoms with Gasteiger partial charge in [-0.05, 0) is 53.9 Å². The second-order valence-corrected chi connectivity index (χ2v) is 8.15. The van der Waals surface area contributed by atoms with Crippen molar-refractivity contribution in [3.05, 3.63) is 77.9 Å². The number of nitrogens with one attached hydrogen (secondary N) is 2. The number of nitrogens with zero attached hydrogens (tertiary/aromatic N) is 3. The van der Waals surface area contributed by atoms with Crippen molar-refractivity contribution >= 4 is 40.2 Å². The van der Waals surface area contributed by atoms with E-state index in [-0.39, 0.29) is 5.91 Å². The number of aliphatic imine (C=N–C) groups is 1. The van der Waals surface area contributed by atoms with Gasteiger partial charge in [0.15, 0.2) is 5.82 Å². The number of anilines is 3. The van der Waals surface area contributed by atoms with Crippen molar-refractivity contribution in [1.82, 2.24) is 9.97 Å². The van der Waals surface area contributed by atoms with Crippen LogP contribution >= 0.6 is 0 Å². The molecular formula is C27H25N5O. The van der Waals surface area contributed by atoms with Gasteiger partial charge in [-0.25, -0.2) is 9.97 Å². The van der Waals surface area contributed by atoms with E-state index >= 15 is 0 Å². The highest BCUT2D eigenvalue weighted by atomic mass is 16.1. The molecule has 0 radical (unpaired) electrons. The summed E-state index contributed by atoms with van der Waals surface area (Å²) in [5.74, 6) is 1.36. The molecule has 33 heavy (non-hydrogen) atoms. The number of hydrogen-bond acceptors (Lipinski definition) is 5. The summed E-state index contributed by atoms with van der Waals surface area (Å²) in [7, 11) is 0. The van der Waals surface area contributed by atoms with E-state index in [0.29, 0.717) is 12.2 Å². The standard InChI is InChI=1S/C27H25N5O/c1-2-3-11-25(33)29-21-8-6-7-18(14-21)26-31-24-10-5-4-9-23(24)27(32-26)30-22-13-12-19-16-28-17-20(19)15-22/h4-10,12-15,17H,2-3,11,16H2,1H3,(H,29,33)(H,30,31,32). The van der Waals surface area contributed by atoms with Gasteiger partial charge >= 0.3 is 0 Å². The third-order valence-electron chi connectivity index (χ3n) is 5.67. The molecule has 0 bridgehead atoms. The molecule has 0 fully saturated rings. The lowest BCUT2D eigenvalue weighted by Crippen LogP contribution is -2.10. The van der Waals surface area contributed by atoms with Crippen molar-refractivity contribution in [3.63, 3.8) is 0 Å². The molecule has 0 spiro atoms. The Morgan fingerprint density at radius 3 is 2.79 bits per heavy atom. The van der Waals surface area contributed by atoms with Crippen molar-refractivity contribution in [3.8, 4) is 11.4 Å². The van der Waals surface area contributed by atoms with Gasteiger partial charge in [-0.2, -0.15) is 0 Å². The van der Waals surface area contributed by atoms with Crippen molar-refractivity contribution < 1.29 is 4.79 Å². The average molecular weight is 436 g/mol. The van der Waals surface area contributed by atoms with Gasteiger partial charge in [-0.15, -0.1) is 0 Å². The Morgan fingerprint density at radius 2 is 1.88 bits per heavy atom. The van der Waals surface area contributed by atoms with Gasteiger partial charge in [0.25, 0.3) is 0 Å². The molecule has 5 rings (SSSR count). The fourth-order valence-electron chi connectivity index (χ4n) is 3.91. The number of para-hydroxylation sites is 1. The Hall–Kier alpha value is -4.06. The van der Waals surface area contributed by atoms with E-state index in [1.165, 1.54) is 5.56 Å². The number of benzene rings is 3. The van der Waals surface area contributed by atoms with Gasteiger partial charge in [0.05, 0.1) is 12.1 Å². The maximum absolute atomic E-state index is 12.2. The maximum Gasteiger partial charge on any atom is 0.224 e. The fourth-order valence-corrected chi connectivity index (χ4v) is 3.91. The highest BCUT2D eigenvalue weighted by Gasteiger charge is 2.12. The number of aromatic nitrogens is 2. The predicted molar refractivity (Wildman–Crippen MR) is 134 cm³/mol. The van der Waals surface area contributed by atoms with Crippen LogP contribution in [0, 0.1) is 0 Å². The first-order valence-electron chi connectivity index (χ1n) is 11.3. The third kappa shape index (κ3) is 4.60. The van der Waals surface area contributed by atoms with E-state index in [9.17, 15) is 4.79 Å². The van der Waals surface area contributed by atoms with Crippen LogP contribution in [-0.2, 0) is 11.3 Å². The minimum atomic E-state index is 0.0240. The van der Waals surface area contributed by atoms with E-state index in [2.05, 4.69) is 40.7 Å². The van der Waals surface area contributed by atoms with Gasteiger partial charge in [0.2, 0.25) is 5.91 Å². The van der Waals surface area contributed by atoms with Crippen LogP contribution in [0.2, 0.25) is 0 Å². The lowest BCUT2D eigenvalue weighted by Gasteiger charge is -2.12. The summed E-state index contributed by atoms with van der Waals surface area (Å²) in [6, 6.07) is 21.9. The molecule has 1 aliphatic heterocycles. The zero-order chi connectivity index (χ0) is 22.6. The van der Waals surface area contributed by atoms with E-state index in [4.69, 9.17) is 9.97 Å². The molecule has 6 heteroatoms. The lowest BCUT2D eigenvalue weighted by atomic mass is 10.1. The normalized spacial score (nSPS) is 12.0. The largest absolute Gasteiger partial charge is 0.340 e. The Balaban J connectivity index is 1.49. The van der Waals surface area contributed by atoms with Crippen LogP contribution in [0.4, 0.5) is 17.2 Å². The molecule has 1 aromatic heterocycles. The summed E-state index contributed by atoms with van der Waals surface area (Å²) in [6.45, 7) is 2.81. The highest BCUT2D eigenvalue weighted by Crippen LogP contribution is 2.29. The number of rotatable bonds is 7. The van der Waals surface area contributed by atoms with E-state index in [0.717, 1.165) is 58.6 Å². The molecule has 3 aromatic carbocycles. The van der Waals surface area contributed by atoms with Gasteiger partial charge in [0, 0.05) is 35.0 Å². The van der Waals surface area contributed by atoms with E-state index < -0.39 is 0 Å². The minimum absolute atomic E-state index is 0.0240. The van der Waals surface area contributed by atoms with Crippen molar-refractivity contribution in [2.24, 2.45) is 4.99 Å². The smallest absolute Gasteiger partial charge is 0.224 e. The van der Waals surface area contributed by atoms with Crippen LogP contribution in [0.25, 0.3) is 22.3 Å². The summed E-state index contributed by atoms with van der Waals surface area (Å²) >= 11 is 0. The zero-order valence-corrected chi connectivity index (χ0v) is 18.5. The topological polar surface area (TPSA) is 79.3 Å². The SMILES string of the molecule is CCCCC(=O)Nc1cccc(-c2nc(Nc3ccc4c(c3)C=NC4)c3ccccc3n2)c1. The molecule has 2 heterocycles. The Morgan fingerprint density at radius 1 is 0.970 bits per heavy atom. The van der Waals surface area contributed by atoms with Crippen LogP contribution in [-0.4, -0.2) is 22.1 Å². The van der Waals surface area contributed by atoms with Crippen molar-refractivity contribution in [2.75, 3.05) is 10.6 Å². The molecule has 1 amide bonds. The van der Waals surface area contributed by atoms with E-state index in [1.807, 2.05) is 54.7 Å². The summed E-state index contributed by atoms with van der Waals surface area (Å²) in [4.78, 5) is 26.2. The molecule has 0 unspecified atom stereocenters. The highest BCUT2D eigenvalue weighted by molar-refractivity contribution is 5.94. The number of carbonyl (C=O) groups excluding carboxylic acids is 1. The summed E-state index contributed by atoms with van der Waals surface area (Å²) in [6.07, 6.45) is 4.30. The quantitative estimate of drug-likeness (QED) is 0.367. The molecule has 0 aliphatic carbocycles. The first kappa shape index (κ1) is 20.8. The molecule has 0 atom stereocenters. The Bertz CT molecular complexity index is 1360. The second-order valence-electron chi connectivity index (χ2n) is 8.15. The second kappa shape index (κ2) is 9.20. The van der Waals surface area contributed by atoms with Gasteiger partial charge in [0.1, 0.15) is 5.82 Å². The molecular weight excluding hydrogens is 410 g/mol. The summed E-state index contributed by atoms with van der Waals surface area (Å²) in [5.41, 5.74) is 5.76. The summed E-state index contributed by atoms with van der Waals surface area (Å²) in [5, 5.41) is 7.40. The molecule has 164 valence electrons. The molecule has 0 saturated heterocycles. The number of unbranched alkanes of at least 4 members (excludes halogenated alkanes) is 1. The average Bonchev–Trinajstić information content (AvgIpc) is 3.31. The van der Waals surface area contributed by atoms with Crippen LogP contribution in [0.3, 0.4) is 0 Å². The third-order valence-corrected chi connectivity index (χ3v) is 5.67. The Kier molecular flexibility index (Phi) is 5.81. The molecule has 4 aromatic rings. The predicted octanol–water partition coefficient (Wildman–Crippen LogP) is 6.10. The number of fused-ring (bicyclic) bond motifs is 2. The van der Waals surface area contributed by atoms with Crippen molar-refractivity contribution in [1.29, 1.82) is 0 Å². The molecule has 1 aliphatic rings. The maximum atomic E-state index is 12.2. The van der Waals surface area contributed by atoms with Gasteiger partial charge < -0.3 is 10.6 Å². The first-order valence-corrected chi connectivity index (χ1v) is 11.3. The first-order chi connectivity index (χ1) is 16.2. The minimum Gasteiger partial charge on any atom is -0.340 e. The van der Waals surface area contributed by atoms with Crippen LogP contribution in [0.5, 0.6) is 0 Å². The fraction of sp³-hybridized carbons (Fsp3) is 0.185. The van der Waals surface area contributed by atoms with Gasteiger partial charge in [-0.1, -0.05) is 43.7 Å².